The van der Waals surface area contributed by atoms with Gasteiger partial charge in [-0.05, 0) is 61.9 Å². The van der Waals surface area contributed by atoms with E-state index in [1.165, 1.54) is 11.8 Å². The predicted molar refractivity (Wildman–Crippen MR) is 132 cm³/mol. The SMILES string of the molecule is CCC(Sc1nc(-c2ccc(OC)cc2)c(-c2ccc(OC)cc2)[nH]1)C(=O)Nc1cc(C)on1. The van der Waals surface area contributed by atoms with Gasteiger partial charge >= 0.3 is 0 Å². The first-order valence-electron chi connectivity index (χ1n) is 10.8. The van der Waals surface area contributed by atoms with E-state index in [4.69, 9.17) is 19.0 Å². The summed E-state index contributed by atoms with van der Waals surface area (Å²) in [5.74, 6) is 2.42. The van der Waals surface area contributed by atoms with Crippen LogP contribution in [-0.2, 0) is 4.79 Å². The summed E-state index contributed by atoms with van der Waals surface area (Å²) in [5, 5.41) is 6.94. The number of benzene rings is 2. The van der Waals surface area contributed by atoms with E-state index in [-0.39, 0.29) is 11.2 Å². The number of aryl methyl sites for hydroxylation is 1. The summed E-state index contributed by atoms with van der Waals surface area (Å²) in [6.45, 7) is 3.74. The van der Waals surface area contributed by atoms with Gasteiger partial charge in [0.2, 0.25) is 5.91 Å². The number of aromatic amines is 1. The van der Waals surface area contributed by atoms with Gasteiger partial charge in [0.1, 0.15) is 17.3 Å². The number of aromatic nitrogens is 3. The number of nitrogens with zero attached hydrogens (tertiary/aromatic N) is 2. The molecule has 0 aliphatic heterocycles. The fraction of sp³-hybridized carbons (Fsp3) is 0.240. The molecule has 8 nitrogen and oxygen atoms in total. The molecule has 0 aliphatic carbocycles. The molecular formula is C25H26N4O4S. The minimum Gasteiger partial charge on any atom is -0.497 e. The molecule has 1 unspecified atom stereocenters. The van der Waals surface area contributed by atoms with Crippen LogP contribution in [0.5, 0.6) is 11.5 Å². The van der Waals surface area contributed by atoms with E-state index in [1.54, 1.807) is 27.2 Å². The molecule has 0 radical (unpaired) electrons. The lowest BCUT2D eigenvalue weighted by Crippen LogP contribution is -2.24. The zero-order chi connectivity index (χ0) is 24.1. The van der Waals surface area contributed by atoms with Gasteiger partial charge in [-0.25, -0.2) is 4.98 Å². The van der Waals surface area contributed by atoms with Crippen LogP contribution in [0, 0.1) is 6.92 Å². The minimum atomic E-state index is -0.365. The molecule has 4 rings (SSSR count). The third-order valence-corrected chi connectivity index (χ3v) is 6.47. The Morgan fingerprint density at radius 2 is 1.68 bits per heavy atom. The molecule has 0 bridgehead atoms. The van der Waals surface area contributed by atoms with Crippen LogP contribution in [0.15, 0.2) is 64.3 Å². The van der Waals surface area contributed by atoms with Crippen molar-refractivity contribution in [2.45, 2.75) is 30.7 Å². The average molecular weight is 479 g/mol. The van der Waals surface area contributed by atoms with Crippen molar-refractivity contribution in [2.24, 2.45) is 0 Å². The van der Waals surface area contributed by atoms with Gasteiger partial charge in [0.05, 0.1) is 30.9 Å². The third kappa shape index (κ3) is 5.26. The Labute approximate surface area is 202 Å². The summed E-state index contributed by atoms with van der Waals surface area (Å²) < 4.78 is 15.6. The maximum absolute atomic E-state index is 12.8. The number of rotatable bonds is 9. The van der Waals surface area contributed by atoms with Gasteiger partial charge in [0, 0.05) is 17.2 Å². The van der Waals surface area contributed by atoms with Gasteiger partial charge < -0.3 is 24.3 Å². The van der Waals surface area contributed by atoms with E-state index < -0.39 is 0 Å². The Bertz CT molecular complexity index is 1180. The third-order valence-electron chi connectivity index (χ3n) is 5.22. The Morgan fingerprint density at radius 3 is 2.21 bits per heavy atom. The van der Waals surface area contributed by atoms with Gasteiger partial charge in [-0.2, -0.15) is 0 Å². The monoisotopic (exact) mass is 478 g/mol. The molecule has 2 aromatic carbocycles. The van der Waals surface area contributed by atoms with Crippen LogP contribution in [0.1, 0.15) is 19.1 Å². The molecule has 0 aliphatic rings. The van der Waals surface area contributed by atoms with Crippen molar-refractivity contribution in [1.29, 1.82) is 0 Å². The highest BCUT2D eigenvalue weighted by Crippen LogP contribution is 2.35. The standard InChI is InChI=1S/C25H26N4O4S/c1-5-20(24(30)26-21-14-15(2)33-29-21)34-25-27-22(16-6-10-18(31-3)11-7-16)23(28-25)17-8-12-19(32-4)13-9-17/h6-14,20H,5H2,1-4H3,(H,27,28)(H,26,29,30). The second kappa shape index (κ2) is 10.5. The number of imidazole rings is 1. The Kier molecular flexibility index (Phi) is 7.22. The topological polar surface area (TPSA) is 102 Å². The van der Waals surface area contributed by atoms with Crippen LogP contribution in [0.2, 0.25) is 0 Å². The van der Waals surface area contributed by atoms with E-state index in [0.29, 0.717) is 23.2 Å². The van der Waals surface area contributed by atoms with Crippen molar-refractivity contribution < 1.29 is 18.8 Å². The summed E-state index contributed by atoms with van der Waals surface area (Å²) in [5.41, 5.74) is 3.54. The Morgan fingerprint density at radius 1 is 1.06 bits per heavy atom. The van der Waals surface area contributed by atoms with Crippen molar-refractivity contribution in [3.63, 3.8) is 0 Å². The fourth-order valence-electron chi connectivity index (χ4n) is 3.42. The van der Waals surface area contributed by atoms with Gasteiger partial charge in [-0.15, -0.1) is 0 Å². The van der Waals surface area contributed by atoms with E-state index in [0.717, 1.165) is 34.0 Å². The molecule has 176 valence electrons. The van der Waals surface area contributed by atoms with Crippen LogP contribution >= 0.6 is 11.8 Å². The maximum atomic E-state index is 12.8. The van der Waals surface area contributed by atoms with E-state index >= 15 is 0 Å². The summed E-state index contributed by atoms with van der Waals surface area (Å²) >= 11 is 1.38. The highest BCUT2D eigenvalue weighted by molar-refractivity contribution is 8.00. The average Bonchev–Trinajstić information content (AvgIpc) is 3.48. The smallest absolute Gasteiger partial charge is 0.239 e. The molecule has 0 saturated heterocycles. The Hall–Kier alpha value is -3.72. The highest BCUT2D eigenvalue weighted by atomic mass is 32.2. The molecule has 2 aromatic heterocycles. The van der Waals surface area contributed by atoms with Crippen LogP contribution < -0.4 is 14.8 Å². The summed E-state index contributed by atoms with van der Waals surface area (Å²) in [7, 11) is 3.27. The molecule has 0 spiro atoms. The number of carbonyl (C=O) groups is 1. The van der Waals surface area contributed by atoms with Crippen LogP contribution in [-0.4, -0.2) is 40.5 Å². The van der Waals surface area contributed by atoms with E-state index in [1.807, 2.05) is 55.5 Å². The second-order valence-electron chi connectivity index (χ2n) is 7.55. The lowest BCUT2D eigenvalue weighted by Gasteiger charge is -2.11. The molecule has 2 N–H and O–H groups in total. The predicted octanol–water partition coefficient (Wildman–Crippen LogP) is 5.57. The largest absolute Gasteiger partial charge is 0.497 e. The number of methoxy groups -OCH3 is 2. The fourth-order valence-corrected chi connectivity index (χ4v) is 4.33. The van der Waals surface area contributed by atoms with Crippen LogP contribution in [0.25, 0.3) is 22.5 Å². The van der Waals surface area contributed by atoms with Gasteiger partial charge in [-0.1, -0.05) is 23.8 Å². The number of ether oxygens (including phenoxy) is 2. The minimum absolute atomic E-state index is 0.158. The van der Waals surface area contributed by atoms with Gasteiger partial charge in [-0.3, -0.25) is 4.79 Å². The molecule has 4 aromatic rings. The number of carbonyl (C=O) groups excluding carboxylic acids is 1. The molecule has 2 heterocycles. The van der Waals surface area contributed by atoms with Crippen molar-refractivity contribution in [3.05, 3.63) is 60.4 Å². The Balaban J connectivity index is 1.64. The number of amides is 1. The van der Waals surface area contributed by atoms with E-state index in [2.05, 4.69) is 15.5 Å². The van der Waals surface area contributed by atoms with Crippen molar-refractivity contribution in [1.82, 2.24) is 15.1 Å². The van der Waals surface area contributed by atoms with Crippen LogP contribution in [0.4, 0.5) is 5.82 Å². The number of H-pyrrole nitrogens is 1. The lowest BCUT2D eigenvalue weighted by molar-refractivity contribution is -0.115. The van der Waals surface area contributed by atoms with Gasteiger partial charge in [0.25, 0.3) is 0 Å². The normalized spacial score (nSPS) is 11.8. The number of anilines is 1. The first-order chi connectivity index (χ1) is 16.5. The molecule has 0 fully saturated rings. The molecule has 9 heteroatoms. The maximum Gasteiger partial charge on any atom is 0.239 e. The highest BCUT2D eigenvalue weighted by Gasteiger charge is 2.23. The molecular weight excluding hydrogens is 452 g/mol. The summed E-state index contributed by atoms with van der Waals surface area (Å²) in [4.78, 5) is 21.1. The van der Waals surface area contributed by atoms with Crippen LogP contribution in [0.3, 0.4) is 0 Å². The van der Waals surface area contributed by atoms with Crippen molar-refractivity contribution in [3.8, 4) is 34.0 Å². The first-order valence-corrected chi connectivity index (χ1v) is 11.7. The summed E-state index contributed by atoms with van der Waals surface area (Å²) in [6, 6.07) is 17.2. The van der Waals surface area contributed by atoms with E-state index in [9.17, 15) is 4.79 Å². The molecule has 0 saturated carbocycles. The number of thioether (sulfide) groups is 1. The number of hydrogen-bond donors (Lipinski definition) is 2. The summed E-state index contributed by atoms with van der Waals surface area (Å²) in [6.07, 6.45) is 0.615. The number of hydrogen-bond acceptors (Lipinski definition) is 7. The second-order valence-corrected chi connectivity index (χ2v) is 8.74. The van der Waals surface area contributed by atoms with Gasteiger partial charge in [0.15, 0.2) is 11.0 Å². The van der Waals surface area contributed by atoms with Crippen molar-refractivity contribution >= 4 is 23.5 Å². The van der Waals surface area contributed by atoms with Crippen molar-refractivity contribution in [2.75, 3.05) is 19.5 Å². The molecule has 1 amide bonds. The molecule has 34 heavy (non-hydrogen) atoms. The first kappa shape index (κ1) is 23.4. The zero-order valence-electron chi connectivity index (χ0n) is 19.4. The molecule has 1 atom stereocenters. The quantitative estimate of drug-likeness (QED) is 0.303. The number of nitrogens with one attached hydrogen (secondary N) is 2. The zero-order valence-corrected chi connectivity index (χ0v) is 20.2. The lowest BCUT2D eigenvalue weighted by atomic mass is 10.0.